The van der Waals surface area contributed by atoms with E-state index in [0.29, 0.717) is 24.3 Å². The van der Waals surface area contributed by atoms with Gasteiger partial charge >= 0.3 is 0 Å². The molecule has 86 valence electrons. The number of benzene rings is 1. The molecule has 4 nitrogen and oxygen atoms in total. The fraction of sp³-hybridized carbons (Fsp3) is 0.417. The molecule has 4 heteroatoms. The summed E-state index contributed by atoms with van der Waals surface area (Å²) in [6.45, 7) is 0.566. The van der Waals surface area contributed by atoms with Gasteiger partial charge in [0.1, 0.15) is 0 Å². The van der Waals surface area contributed by atoms with Gasteiger partial charge in [0.15, 0.2) is 0 Å². The molecular formula is C12H16N2O2. The topological polar surface area (TPSA) is 78.3 Å². The van der Waals surface area contributed by atoms with Gasteiger partial charge in [0.2, 0.25) is 5.91 Å². The highest BCUT2D eigenvalue weighted by Crippen LogP contribution is 2.22. The second kappa shape index (κ2) is 4.63. The summed E-state index contributed by atoms with van der Waals surface area (Å²) in [6.07, 6.45) is 2.18. The minimum atomic E-state index is -0.405. The summed E-state index contributed by atoms with van der Waals surface area (Å²) in [7, 11) is 0. The number of carbonyl (C=O) groups is 1. The third-order valence-corrected chi connectivity index (χ3v) is 2.86. The zero-order chi connectivity index (χ0) is 11.5. The van der Waals surface area contributed by atoms with E-state index in [4.69, 9.17) is 16.2 Å². The van der Waals surface area contributed by atoms with Crippen LogP contribution in [0, 0.1) is 0 Å². The second-order valence-electron chi connectivity index (χ2n) is 4.23. The molecule has 0 heterocycles. The van der Waals surface area contributed by atoms with Crippen LogP contribution in [-0.4, -0.2) is 18.1 Å². The van der Waals surface area contributed by atoms with Crippen molar-refractivity contribution in [1.82, 2.24) is 0 Å². The van der Waals surface area contributed by atoms with Crippen LogP contribution in [0.1, 0.15) is 28.8 Å². The zero-order valence-corrected chi connectivity index (χ0v) is 9.06. The quantitative estimate of drug-likeness (QED) is 0.787. The number of primary amides is 1. The van der Waals surface area contributed by atoms with Gasteiger partial charge in [0, 0.05) is 11.6 Å². The molecule has 4 N–H and O–H groups in total. The summed E-state index contributed by atoms with van der Waals surface area (Å²) < 4.78 is 5.64. The molecule has 2 rings (SSSR count). The molecule has 1 amide bonds. The van der Waals surface area contributed by atoms with E-state index in [2.05, 4.69) is 0 Å². The number of nitrogens with two attached hydrogens (primary N) is 2. The molecule has 1 aliphatic rings. The molecule has 0 aromatic heterocycles. The van der Waals surface area contributed by atoms with Crippen LogP contribution in [0.15, 0.2) is 24.3 Å². The van der Waals surface area contributed by atoms with Crippen LogP contribution in [0.5, 0.6) is 0 Å². The Bertz CT molecular complexity index is 369. The van der Waals surface area contributed by atoms with Crippen LogP contribution in [0.25, 0.3) is 0 Å². The lowest BCUT2D eigenvalue weighted by atomic mass is 9.90. The molecule has 0 unspecified atom stereocenters. The summed E-state index contributed by atoms with van der Waals surface area (Å²) in [5, 5.41) is 0. The molecule has 1 aliphatic carbocycles. The van der Waals surface area contributed by atoms with Crippen LogP contribution in [0.4, 0.5) is 0 Å². The maximum Gasteiger partial charge on any atom is 0.248 e. The van der Waals surface area contributed by atoms with Gasteiger partial charge in [-0.3, -0.25) is 4.79 Å². The van der Waals surface area contributed by atoms with E-state index < -0.39 is 5.91 Å². The SMILES string of the molecule is NC(=O)c1ccc(COC2CC(N)C2)cc1. The van der Waals surface area contributed by atoms with E-state index in [0.717, 1.165) is 18.4 Å². The summed E-state index contributed by atoms with van der Waals surface area (Å²) in [4.78, 5) is 10.8. The highest BCUT2D eigenvalue weighted by atomic mass is 16.5. The summed E-state index contributed by atoms with van der Waals surface area (Å²) in [5.74, 6) is -0.405. The van der Waals surface area contributed by atoms with Crippen LogP contribution in [0.3, 0.4) is 0 Å². The summed E-state index contributed by atoms with van der Waals surface area (Å²) in [6, 6.07) is 7.46. The maximum absolute atomic E-state index is 10.8. The van der Waals surface area contributed by atoms with Crippen LogP contribution in [0.2, 0.25) is 0 Å². The van der Waals surface area contributed by atoms with Gasteiger partial charge in [-0.05, 0) is 30.5 Å². The van der Waals surface area contributed by atoms with Gasteiger partial charge < -0.3 is 16.2 Å². The van der Waals surface area contributed by atoms with Gasteiger partial charge in [0.25, 0.3) is 0 Å². The van der Waals surface area contributed by atoms with Crippen molar-refractivity contribution in [3.63, 3.8) is 0 Å². The predicted molar refractivity (Wildman–Crippen MR) is 60.7 cm³/mol. The lowest BCUT2D eigenvalue weighted by molar-refractivity contribution is -0.0188. The molecule has 16 heavy (non-hydrogen) atoms. The maximum atomic E-state index is 10.8. The number of hydrogen-bond acceptors (Lipinski definition) is 3. The Morgan fingerprint density at radius 3 is 2.44 bits per heavy atom. The van der Waals surface area contributed by atoms with Crippen molar-refractivity contribution in [3.05, 3.63) is 35.4 Å². The Balaban J connectivity index is 1.83. The standard InChI is InChI=1S/C12H16N2O2/c13-10-5-11(6-10)16-7-8-1-3-9(4-2-8)12(14)15/h1-4,10-11H,5-7,13H2,(H2,14,15). The van der Waals surface area contributed by atoms with E-state index in [-0.39, 0.29) is 0 Å². The van der Waals surface area contributed by atoms with Crippen LogP contribution in [-0.2, 0) is 11.3 Å². The van der Waals surface area contributed by atoms with Crippen molar-refractivity contribution >= 4 is 5.91 Å². The first-order chi connectivity index (χ1) is 7.65. The first kappa shape index (κ1) is 11.1. The van der Waals surface area contributed by atoms with Gasteiger partial charge in [-0.15, -0.1) is 0 Å². The number of carbonyl (C=O) groups excluding carboxylic acids is 1. The molecule has 1 saturated carbocycles. The molecule has 0 aliphatic heterocycles. The Morgan fingerprint density at radius 2 is 1.94 bits per heavy atom. The monoisotopic (exact) mass is 220 g/mol. The smallest absolute Gasteiger partial charge is 0.248 e. The normalized spacial score (nSPS) is 23.8. The fourth-order valence-corrected chi connectivity index (χ4v) is 1.72. The highest BCUT2D eigenvalue weighted by Gasteiger charge is 2.26. The minimum absolute atomic E-state index is 0.297. The van der Waals surface area contributed by atoms with Crippen LogP contribution < -0.4 is 11.5 Å². The lowest BCUT2D eigenvalue weighted by Crippen LogP contribution is -2.41. The number of rotatable bonds is 4. The molecular weight excluding hydrogens is 204 g/mol. The van der Waals surface area contributed by atoms with Gasteiger partial charge in [-0.2, -0.15) is 0 Å². The minimum Gasteiger partial charge on any atom is -0.373 e. The van der Waals surface area contributed by atoms with Crippen molar-refractivity contribution in [3.8, 4) is 0 Å². The second-order valence-corrected chi connectivity index (χ2v) is 4.23. The van der Waals surface area contributed by atoms with E-state index in [1.807, 2.05) is 12.1 Å². The molecule has 1 aromatic carbocycles. The first-order valence-electron chi connectivity index (χ1n) is 5.41. The highest BCUT2D eigenvalue weighted by molar-refractivity contribution is 5.92. The van der Waals surface area contributed by atoms with Gasteiger partial charge in [0.05, 0.1) is 12.7 Å². The molecule has 0 radical (unpaired) electrons. The Labute approximate surface area is 94.6 Å². The van der Waals surface area contributed by atoms with Crippen LogP contribution >= 0.6 is 0 Å². The molecule has 0 bridgehead atoms. The molecule has 0 spiro atoms. The fourth-order valence-electron chi connectivity index (χ4n) is 1.72. The first-order valence-corrected chi connectivity index (χ1v) is 5.41. The van der Waals surface area contributed by atoms with Crippen molar-refractivity contribution in [1.29, 1.82) is 0 Å². The zero-order valence-electron chi connectivity index (χ0n) is 9.06. The van der Waals surface area contributed by atoms with E-state index in [1.165, 1.54) is 0 Å². The number of amides is 1. The van der Waals surface area contributed by atoms with Gasteiger partial charge in [-0.25, -0.2) is 0 Å². The number of ether oxygens (including phenoxy) is 1. The summed E-state index contributed by atoms with van der Waals surface area (Å²) >= 11 is 0. The van der Waals surface area contributed by atoms with Crippen molar-refractivity contribution < 1.29 is 9.53 Å². The Kier molecular flexibility index (Phi) is 3.22. The predicted octanol–water partition coefficient (Wildman–Crippen LogP) is 0.792. The van der Waals surface area contributed by atoms with E-state index in [1.54, 1.807) is 12.1 Å². The molecule has 0 saturated heterocycles. The Morgan fingerprint density at radius 1 is 1.31 bits per heavy atom. The van der Waals surface area contributed by atoms with Crippen molar-refractivity contribution in [2.24, 2.45) is 11.5 Å². The van der Waals surface area contributed by atoms with Crippen molar-refractivity contribution in [2.45, 2.75) is 31.6 Å². The Hall–Kier alpha value is -1.39. The third-order valence-electron chi connectivity index (χ3n) is 2.86. The largest absolute Gasteiger partial charge is 0.373 e. The molecule has 1 aromatic rings. The van der Waals surface area contributed by atoms with Crippen molar-refractivity contribution in [2.75, 3.05) is 0 Å². The number of hydrogen-bond donors (Lipinski definition) is 2. The average molecular weight is 220 g/mol. The van der Waals surface area contributed by atoms with E-state index in [9.17, 15) is 4.79 Å². The lowest BCUT2D eigenvalue weighted by Gasteiger charge is -2.32. The average Bonchev–Trinajstić information content (AvgIpc) is 2.23. The van der Waals surface area contributed by atoms with Gasteiger partial charge in [-0.1, -0.05) is 12.1 Å². The summed E-state index contributed by atoms with van der Waals surface area (Å²) in [5.41, 5.74) is 12.4. The molecule has 1 fully saturated rings. The molecule has 0 atom stereocenters. The third kappa shape index (κ3) is 2.59. The van der Waals surface area contributed by atoms with E-state index >= 15 is 0 Å².